The Morgan fingerprint density at radius 1 is 0.500 bits per heavy atom. The normalized spacial score (nSPS) is 17.9. The second-order valence-electron chi connectivity index (χ2n) is 24.8. The smallest absolute Gasteiger partial charge is 0.297 e. The lowest BCUT2D eigenvalue weighted by Gasteiger charge is -2.47. The molecular formula is C65H68BN3O. The summed E-state index contributed by atoms with van der Waals surface area (Å²) in [5.41, 5.74) is 23.4. The Labute approximate surface area is 417 Å². The lowest BCUT2D eigenvalue weighted by molar-refractivity contribution is 0.332. The van der Waals surface area contributed by atoms with Crippen LogP contribution in [-0.2, 0) is 27.1 Å². The average molecular weight is 918 g/mol. The lowest BCUT2D eigenvalue weighted by atomic mass is 9.35. The Bertz CT molecular complexity index is 3370. The van der Waals surface area contributed by atoms with Crippen LogP contribution in [0.3, 0.4) is 0 Å². The molecule has 0 bridgehead atoms. The van der Waals surface area contributed by atoms with E-state index in [1.54, 1.807) is 0 Å². The first-order valence-electron chi connectivity index (χ1n) is 25.9. The van der Waals surface area contributed by atoms with E-state index < -0.39 is 0 Å². The molecule has 1 aromatic heterocycles. The second kappa shape index (κ2) is 15.3. The molecule has 70 heavy (non-hydrogen) atoms. The summed E-state index contributed by atoms with van der Waals surface area (Å²) in [6, 6.07) is 55.4. The monoisotopic (exact) mass is 918 g/mol. The molecule has 0 saturated heterocycles. The van der Waals surface area contributed by atoms with Crippen LogP contribution in [0.1, 0.15) is 135 Å². The number of nitrogens with zero attached hydrogens (tertiary/aromatic N) is 3. The fourth-order valence-electron chi connectivity index (χ4n) is 12.8. The van der Waals surface area contributed by atoms with E-state index in [2.05, 4.69) is 243 Å². The number of para-hydroxylation sites is 3. The fraction of sp³-hybridized carbons (Fsp3) is 0.323. The summed E-state index contributed by atoms with van der Waals surface area (Å²) in [4.78, 5) is 7.69. The molecule has 0 unspecified atom stereocenters. The molecule has 0 N–H and O–H groups in total. The summed E-state index contributed by atoms with van der Waals surface area (Å²) >= 11 is 0. The van der Waals surface area contributed by atoms with Gasteiger partial charge in [0.15, 0.2) is 0 Å². The first-order chi connectivity index (χ1) is 33.2. The van der Waals surface area contributed by atoms with Crippen molar-refractivity contribution in [2.24, 2.45) is 0 Å². The molecule has 2 aliphatic heterocycles. The molecule has 0 radical (unpaired) electrons. The average Bonchev–Trinajstić information content (AvgIpc) is 3.71. The summed E-state index contributed by atoms with van der Waals surface area (Å²) < 4.78 is 7.41. The van der Waals surface area contributed by atoms with Gasteiger partial charge in [0, 0.05) is 45.2 Å². The van der Waals surface area contributed by atoms with Gasteiger partial charge in [-0.05, 0) is 177 Å². The fourth-order valence-corrected chi connectivity index (χ4v) is 12.8. The summed E-state index contributed by atoms with van der Waals surface area (Å²) in [6.45, 7) is 28.7. The number of furan rings is 1. The lowest BCUT2D eigenvalue weighted by Crippen LogP contribution is -2.61. The van der Waals surface area contributed by atoms with E-state index in [1.807, 2.05) is 0 Å². The van der Waals surface area contributed by atoms with Crippen LogP contribution in [-0.4, -0.2) is 6.71 Å². The number of hydrogen-bond acceptors (Lipinski definition) is 4. The maximum Gasteiger partial charge on any atom is 0.297 e. The molecule has 7 aromatic carbocycles. The van der Waals surface area contributed by atoms with Gasteiger partial charge in [-0.15, -0.1) is 0 Å². The SMILES string of the molecule is Cc1cc(C(C)(C)C)ccc1N1c2cc(N(c3ccccc3)c3ccccc3)cc3c2B(c2cc4c(cc2N3c2ccc3c(c2)C(C)(C)CCC3(C)C)C(C)(C)CCC4(C)C)c2oc3ccccc3c21. The summed E-state index contributed by atoms with van der Waals surface area (Å²) in [5.74, 6) is 0. The van der Waals surface area contributed by atoms with E-state index in [0.29, 0.717) is 0 Å². The molecule has 0 atom stereocenters. The summed E-state index contributed by atoms with van der Waals surface area (Å²) in [6.07, 6.45) is 4.61. The second-order valence-corrected chi connectivity index (χ2v) is 24.8. The quantitative estimate of drug-likeness (QED) is 0.160. The zero-order chi connectivity index (χ0) is 48.9. The molecule has 0 saturated carbocycles. The van der Waals surface area contributed by atoms with Crippen molar-refractivity contribution in [2.75, 3.05) is 14.7 Å². The van der Waals surface area contributed by atoms with Crippen LogP contribution >= 0.6 is 0 Å². The molecular weight excluding hydrogens is 850 g/mol. The van der Waals surface area contributed by atoms with Gasteiger partial charge >= 0.3 is 0 Å². The Morgan fingerprint density at radius 3 is 1.64 bits per heavy atom. The van der Waals surface area contributed by atoms with Gasteiger partial charge in [0.1, 0.15) is 5.58 Å². The predicted octanol–water partition coefficient (Wildman–Crippen LogP) is 16.3. The van der Waals surface area contributed by atoms with E-state index in [4.69, 9.17) is 4.42 Å². The van der Waals surface area contributed by atoms with Gasteiger partial charge in [0.05, 0.1) is 17.0 Å². The standard InChI is InChI=1S/C65H68BN3O/c1-41-35-42(61(2,3)4)27-30-53(41)69-56-38-46(67(43-21-15-13-16-22-43)44-23-17-14-18-24-44)37-55-58(56)66(60-59(69)47-25-19-20-26-57(47)70-60)52-39-50-51(65(11,12)34-33-64(50,9)10)40-54(52)68(55)45-28-29-48-49(36-45)63(7,8)32-31-62(48,5)6/h13-30,35-40H,31-34H2,1-12H3. The van der Waals surface area contributed by atoms with Crippen molar-refractivity contribution in [1.29, 1.82) is 0 Å². The molecule has 4 aliphatic rings. The highest BCUT2D eigenvalue weighted by Crippen LogP contribution is 2.55. The summed E-state index contributed by atoms with van der Waals surface area (Å²) in [7, 11) is 0. The van der Waals surface area contributed by atoms with Crippen LogP contribution < -0.4 is 31.3 Å². The highest BCUT2D eigenvalue weighted by atomic mass is 16.3. The minimum atomic E-state index is -0.167. The van der Waals surface area contributed by atoms with E-state index in [1.165, 1.54) is 73.5 Å². The molecule has 352 valence electrons. The van der Waals surface area contributed by atoms with Gasteiger partial charge in [-0.2, -0.15) is 0 Å². The third kappa shape index (κ3) is 6.77. The third-order valence-corrected chi connectivity index (χ3v) is 17.2. The first-order valence-corrected chi connectivity index (χ1v) is 25.9. The Balaban J connectivity index is 1.25. The maximum atomic E-state index is 7.41. The van der Waals surface area contributed by atoms with E-state index in [0.717, 1.165) is 64.3 Å². The van der Waals surface area contributed by atoms with Crippen molar-refractivity contribution in [1.82, 2.24) is 0 Å². The van der Waals surface area contributed by atoms with Gasteiger partial charge in [-0.3, -0.25) is 0 Å². The Kier molecular flexibility index (Phi) is 9.76. The maximum absolute atomic E-state index is 7.41. The Hall–Kier alpha value is -6.46. The number of aryl methyl sites for hydroxylation is 1. The number of rotatable bonds is 5. The topological polar surface area (TPSA) is 22.9 Å². The highest BCUT2D eigenvalue weighted by Gasteiger charge is 2.50. The molecule has 12 rings (SSSR count). The van der Waals surface area contributed by atoms with Gasteiger partial charge in [-0.1, -0.05) is 149 Å². The zero-order valence-corrected chi connectivity index (χ0v) is 43.5. The van der Waals surface area contributed by atoms with E-state index in [9.17, 15) is 0 Å². The van der Waals surface area contributed by atoms with Crippen molar-refractivity contribution < 1.29 is 4.42 Å². The minimum Gasteiger partial charge on any atom is -0.468 e. The molecule has 4 nitrogen and oxygen atoms in total. The van der Waals surface area contributed by atoms with Crippen molar-refractivity contribution >= 4 is 85.5 Å². The van der Waals surface area contributed by atoms with Gasteiger partial charge < -0.3 is 19.1 Å². The van der Waals surface area contributed by atoms with Crippen LogP contribution in [0.2, 0.25) is 0 Å². The third-order valence-electron chi connectivity index (χ3n) is 17.2. The van der Waals surface area contributed by atoms with Crippen molar-refractivity contribution in [3.63, 3.8) is 0 Å². The number of anilines is 9. The molecule has 2 aliphatic carbocycles. The predicted molar refractivity (Wildman–Crippen MR) is 299 cm³/mol. The van der Waals surface area contributed by atoms with E-state index >= 15 is 0 Å². The molecule has 0 fully saturated rings. The van der Waals surface area contributed by atoms with Crippen LogP contribution in [0.4, 0.5) is 51.2 Å². The molecule has 8 aromatic rings. The van der Waals surface area contributed by atoms with Gasteiger partial charge in [-0.25, -0.2) is 0 Å². The first kappa shape index (κ1) is 44.7. The Morgan fingerprint density at radius 2 is 1.04 bits per heavy atom. The largest absolute Gasteiger partial charge is 0.468 e. The number of fused-ring (bicyclic) bond motifs is 8. The highest BCUT2D eigenvalue weighted by molar-refractivity contribution is 7.00. The number of benzene rings is 7. The van der Waals surface area contributed by atoms with E-state index in [-0.39, 0.29) is 33.8 Å². The molecule has 3 heterocycles. The minimum absolute atomic E-state index is 0.000913. The van der Waals surface area contributed by atoms with Crippen molar-refractivity contribution in [2.45, 2.75) is 136 Å². The number of hydrogen-bond donors (Lipinski definition) is 0. The van der Waals surface area contributed by atoms with Crippen LogP contribution in [0, 0.1) is 6.92 Å². The van der Waals surface area contributed by atoms with Gasteiger partial charge in [0.2, 0.25) is 0 Å². The van der Waals surface area contributed by atoms with Gasteiger partial charge in [0.25, 0.3) is 6.71 Å². The zero-order valence-electron chi connectivity index (χ0n) is 43.5. The van der Waals surface area contributed by atoms with Crippen LogP contribution in [0.5, 0.6) is 0 Å². The molecule has 0 spiro atoms. The van der Waals surface area contributed by atoms with Crippen molar-refractivity contribution in [3.05, 3.63) is 179 Å². The molecule has 5 heteroatoms. The summed E-state index contributed by atoms with van der Waals surface area (Å²) in [5, 5.41) is 1.13. The van der Waals surface area contributed by atoms with Crippen LogP contribution in [0.15, 0.2) is 150 Å². The van der Waals surface area contributed by atoms with Crippen LogP contribution in [0.25, 0.3) is 11.0 Å². The van der Waals surface area contributed by atoms with Crippen molar-refractivity contribution in [3.8, 4) is 0 Å². The molecule has 0 amide bonds.